The van der Waals surface area contributed by atoms with Crippen molar-refractivity contribution in [1.82, 2.24) is 15.0 Å². The predicted molar refractivity (Wildman–Crippen MR) is 130 cm³/mol. The van der Waals surface area contributed by atoms with E-state index >= 15 is 0 Å². The molecule has 3 aromatic rings. The summed E-state index contributed by atoms with van der Waals surface area (Å²) in [4.78, 5) is 9.51. The van der Waals surface area contributed by atoms with Gasteiger partial charge in [-0.1, -0.05) is 17.3 Å². The molecule has 1 aromatic carbocycles. The van der Waals surface area contributed by atoms with Crippen LogP contribution in [0.1, 0.15) is 19.0 Å². The molecule has 0 atom stereocenters. The van der Waals surface area contributed by atoms with Crippen molar-refractivity contribution < 1.29 is 14.3 Å². The molecule has 0 aliphatic carbocycles. The standard InChI is InChI=1S/C23H32N7O2S/c1-17(22-16-33-23(25)27-22)28-32-10-9-31-21-5-3-19(4-6-21)20-14-29(8-2-7-24)30(15-20)13-18-11-26-12-18/h3-6,14-16,18,26H,2,7-13,24H2,1H3,(H2,25,27)/q+1/b28-17+. The van der Waals surface area contributed by atoms with E-state index in [1.807, 2.05) is 24.4 Å². The first-order valence-electron chi connectivity index (χ1n) is 11.2. The molecule has 1 saturated heterocycles. The van der Waals surface area contributed by atoms with Crippen LogP contribution in [0.25, 0.3) is 11.1 Å². The van der Waals surface area contributed by atoms with Gasteiger partial charge in [-0.05, 0) is 37.6 Å². The van der Waals surface area contributed by atoms with Crippen LogP contribution in [-0.2, 0) is 17.9 Å². The second-order valence-corrected chi connectivity index (χ2v) is 9.01. The molecular formula is C23H32N7O2S+. The van der Waals surface area contributed by atoms with Crippen LogP contribution in [0.4, 0.5) is 5.13 Å². The molecule has 33 heavy (non-hydrogen) atoms. The average Bonchev–Trinajstić information content (AvgIpc) is 3.41. The molecule has 1 aliphatic rings. The van der Waals surface area contributed by atoms with Crippen LogP contribution in [0.15, 0.2) is 47.2 Å². The number of anilines is 1. The van der Waals surface area contributed by atoms with Gasteiger partial charge in [0.15, 0.2) is 18.3 Å². The minimum absolute atomic E-state index is 0.346. The number of aryl methyl sites for hydroxylation is 1. The van der Waals surface area contributed by atoms with Gasteiger partial charge in [-0.15, -0.1) is 16.0 Å². The molecule has 9 nitrogen and oxygen atoms in total. The molecule has 0 bridgehead atoms. The summed E-state index contributed by atoms with van der Waals surface area (Å²) in [5.74, 6) is 1.49. The number of rotatable bonds is 12. The summed E-state index contributed by atoms with van der Waals surface area (Å²) in [6.45, 7) is 7.41. The summed E-state index contributed by atoms with van der Waals surface area (Å²) in [5.41, 5.74) is 15.2. The Morgan fingerprint density at radius 1 is 1.27 bits per heavy atom. The molecule has 0 unspecified atom stereocenters. The van der Waals surface area contributed by atoms with Gasteiger partial charge in [-0.25, -0.2) is 4.98 Å². The highest BCUT2D eigenvalue weighted by molar-refractivity contribution is 7.13. The molecule has 2 aromatic heterocycles. The molecule has 176 valence electrons. The fourth-order valence-corrected chi connectivity index (χ4v) is 4.19. The number of hydrogen-bond donors (Lipinski definition) is 3. The van der Waals surface area contributed by atoms with Gasteiger partial charge in [0.2, 0.25) is 6.20 Å². The minimum Gasteiger partial charge on any atom is -0.490 e. The monoisotopic (exact) mass is 470 g/mol. The van der Waals surface area contributed by atoms with E-state index in [1.54, 1.807) is 0 Å². The quantitative estimate of drug-likeness (QED) is 0.161. The first-order valence-corrected chi connectivity index (χ1v) is 12.1. The SMILES string of the molecule is C/C(=N\OCCOc1ccc(-c2cn(CCCN)[n+](CC3CNC3)c2)cc1)c1csc(N)n1. The third-order valence-electron chi connectivity index (χ3n) is 5.53. The molecule has 10 heteroatoms. The van der Waals surface area contributed by atoms with E-state index in [0.717, 1.165) is 49.6 Å². The number of aromatic nitrogens is 3. The summed E-state index contributed by atoms with van der Waals surface area (Å²) >= 11 is 1.38. The maximum absolute atomic E-state index is 5.79. The molecule has 5 N–H and O–H groups in total. The summed E-state index contributed by atoms with van der Waals surface area (Å²) in [7, 11) is 0. The molecule has 1 aliphatic heterocycles. The lowest BCUT2D eigenvalue weighted by Crippen LogP contribution is -2.54. The lowest BCUT2D eigenvalue weighted by molar-refractivity contribution is -0.781. The Bertz CT molecular complexity index is 1060. The Balaban J connectivity index is 1.29. The maximum atomic E-state index is 5.79. The van der Waals surface area contributed by atoms with Gasteiger partial charge in [0.1, 0.15) is 23.8 Å². The van der Waals surface area contributed by atoms with Crippen molar-refractivity contribution in [2.24, 2.45) is 16.8 Å². The van der Waals surface area contributed by atoms with Crippen LogP contribution < -0.4 is 26.2 Å². The second-order valence-electron chi connectivity index (χ2n) is 8.12. The molecule has 0 radical (unpaired) electrons. The Morgan fingerprint density at radius 3 is 2.76 bits per heavy atom. The molecular weight excluding hydrogens is 438 g/mol. The van der Waals surface area contributed by atoms with Crippen LogP contribution in [0, 0.1) is 5.92 Å². The molecule has 0 saturated carbocycles. The summed E-state index contributed by atoms with van der Waals surface area (Å²) in [6, 6.07) is 8.14. The Labute approximate surface area is 198 Å². The van der Waals surface area contributed by atoms with Gasteiger partial charge >= 0.3 is 0 Å². The number of thiazole rings is 1. The van der Waals surface area contributed by atoms with Crippen LogP contribution >= 0.6 is 11.3 Å². The van der Waals surface area contributed by atoms with Gasteiger partial charge < -0.3 is 26.4 Å². The van der Waals surface area contributed by atoms with Gasteiger partial charge in [-0.2, -0.15) is 4.68 Å². The Kier molecular flexibility index (Phi) is 7.92. The molecule has 0 spiro atoms. The van der Waals surface area contributed by atoms with Crippen LogP contribution in [-0.4, -0.2) is 48.2 Å². The molecule has 1 fully saturated rings. The van der Waals surface area contributed by atoms with E-state index in [4.69, 9.17) is 21.0 Å². The van der Waals surface area contributed by atoms with Gasteiger partial charge in [0, 0.05) is 24.4 Å². The highest BCUT2D eigenvalue weighted by Gasteiger charge is 2.24. The number of hydrogen-bond acceptors (Lipinski definition) is 8. The first kappa shape index (κ1) is 23.2. The number of nitrogens with two attached hydrogens (primary N) is 2. The number of ether oxygens (including phenoxy) is 1. The number of nitrogen functional groups attached to an aromatic ring is 1. The van der Waals surface area contributed by atoms with E-state index in [0.29, 0.717) is 36.5 Å². The minimum atomic E-state index is 0.346. The van der Waals surface area contributed by atoms with Crippen molar-refractivity contribution in [3.8, 4) is 16.9 Å². The number of benzene rings is 1. The molecule has 0 amide bonds. The van der Waals surface area contributed by atoms with Crippen molar-refractivity contribution in [3.63, 3.8) is 0 Å². The predicted octanol–water partition coefficient (Wildman–Crippen LogP) is 1.87. The fraction of sp³-hybridized carbons (Fsp3) is 0.435. The zero-order chi connectivity index (χ0) is 23.0. The highest BCUT2D eigenvalue weighted by atomic mass is 32.1. The van der Waals surface area contributed by atoms with Gasteiger partial charge in [-0.3, -0.25) is 0 Å². The van der Waals surface area contributed by atoms with Gasteiger partial charge in [0.05, 0.1) is 18.3 Å². The lowest BCUT2D eigenvalue weighted by Gasteiger charge is -2.23. The zero-order valence-electron chi connectivity index (χ0n) is 18.9. The summed E-state index contributed by atoms with van der Waals surface area (Å²) in [5, 5.41) is 9.78. The van der Waals surface area contributed by atoms with E-state index in [2.05, 4.69) is 49.3 Å². The van der Waals surface area contributed by atoms with Crippen molar-refractivity contribution in [2.45, 2.75) is 26.4 Å². The number of nitrogens with zero attached hydrogens (tertiary/aromatic N) is 4. The van der Waals surface area contributed by atoms with Crippen molar-refractivity contribution in [3.05, 3.63) is 47.7 Å². The summed E-state index contributed by atoms with van der Waals surface area (Å²) in [6.07, 6.45) is 5.41. The number of nitrogens with one attached hydrogen (secondary N) is 1. The van der Waals surface area contributed by atoms with Crippen LogP contribution in [0.5, 0.6) is 5.75 Å². The Morgan fingerprint density at radius 2 is 2.09 bits per heavy atom. The van der Waals surface area contributed by atoms with E-state index < -0.39 is 0 Å². The fourth-order valence-electron chi connectivity index (χ4n) is 3.58. The topological polar surface area (TPSA) is 117 Å². The second kappa shape index (κ2) is 11.3. The van der Waals surface area contributed by atoms with Crippen LogP contribution in [0.3, 0.4) is 0 Å². The normalized spacial score (nSPS) is 14.3. The van der Waals surface area contributed by atoms with E-state index in [-0.39, 0.29) is 0 Å². The third-order valence-corrected chi connectivity index (χ3v) is 6.21. The Hall–Kier alpha value is -2.95. The highest BCUT2D eigenvalue weighted by Crippen LogP contribution is 2.22. The van der Waals surface area contributed by atoms with Crippen molar-refractivity contribution >= 4 is 22.2 Å². The van der Waals surface area contributed by atoms with E-state index in [9.17, 15) is 0 Å². The molecule has 4 rings (SSSR count). The maximum Gasteiger partial charge on any atom is 0.203 e. The van der Waals surface area contributed by atoms with Gasteiger partial charge in [0.25, 0.3) is 0 Å². The van der Waals surface area contributed by atoms with E-state index in [1.165, 1.54) is 16.9 Å². The largest absolute Gasteiger partial charge is 0.490 e. The van der Waals surface area contributed by atoms with Crippen molar-refractivity contribution in [2.75, 3.05) is 38.6 Å². The zero-order valence-corrected chi connectivity index (χ0v) is 19.8. The van der Waals surface area contributed by atoms with Crippen LogP contribution in [0.2, 0.25) is 0 Å². The smallest absolute Gasteiger partial charge is 0.203 e. The van der Waals surface area contributed by atoms with Crippen molar-refractivity contribution in [1.29, 1.82) is 0 Å². The first-order chi connectivity index (χ1) is 16.1. The lowest BCUT2D eigenvalue weighted by atomic mass is 10.0. The number of oxime groups is 1. The molecule has 3 heterocycles. The average molecular weight is 471 g/mol. The third kappa shape index (κ3) is 6.31. The summed E-state index contributed by atoms with van der Waals surface area (Å²) < 4.78 is 10.4.